The van der Waals surface area contributed by atoms with Crippen molar-refractivity contribution in [3.63, 3.8) is 0 Å². The van der Waals surface area contributed by atoms with E-state index in [2.05, 4.69) is 13.9 Å². The molecular weight excluding hydrogens is 423 g/mol. The van der Waals surface area contributed by atoms with Gasteiger partial charge in [0, 0.05) is 0 Å². The average molecular weight is 431 g/mol. The normalized spacial score (nSPS) is 10.6. The molecular formula is C12H8AsBrN2O6. The molecule has 0 aliphatic heterocycles. The van der Waals surface area contributed by atoms with E-state index < -0.39 is 45.5 Å². The summed E-state index contributed by atoms with van der Waals surface area (Å²) in [5.41, 5.74) is -0.853. The Morgan fingerprint density at radius 3 is 1.55 bits per heavy atom. The SMILES string of the molecule is O=[N+]([O-])c1cc([As](Br)c2ccc(O)c([N+](=O)[O-])c2)ccc1O. The Morgan fingerprint density at radius 2 is 1.23 bits per heavy atom. The van der Waals surface area contributed by atoms with Crippen molar-refractivity contribution in [2.24, 2.45) is 0 Å². The third-order valence-corrected chi connectivity index (χ3v) is 10.1. The molecule has 0 unspecified atom stereocenters. The second kappa shape index (κ2) is 6.33. The number of phenolic OH excluding ortho intramolecular Hbond substituents is 2. The molecule has 2 rings (SSSR count). The van der Waals surface area contributed by atoms with Crippen LogP contribution in [0.4, 0.5) is 11.4 Å². The Bertz CT molecular complexity index is 706. The van der Waals surface area contributed by atoms with Gasteiger partial charge in [0.2, 0.25) is 0 Å². The first-order valence-electron chi connectivity index (χ1n) is 5.72. The molecule has 0 bridgehead atoms. The second-order valence-electron chi connectivity index (χ2n) is 4.14. The van der Waals surface area contributed by atoms with Crippen LogP contribution in [0.15, 0.2) is 36.4 Å². The van der Waals surface area contributed by atoms with E-state index in [4.69, 9.17) is 0 Å². The molecule has 2 aromatic rings. The Labute approximate surface area is 135 Å². The molecule has 0 amide bonds. The molecule has 8 nitrogen and oxygen atoms in total. The van der Waals surface area contributed by atoms with Crippen LogP contribution in [0, 0.1) is 20.2 Å². The van der Waals surface area contributed by atoms with Crippen molar-refractivity contribution in [1.82, 2.24) is 0 Å². The van der Waals surface area contributed by atoms with Crippen LogP contribution in [-0.2, 0) is 0 Å². The van der Waals surface area contributed by atoms with Crippen LogP contribution in [0.5, 0.6) is 11.5 Å². The van der Waals surface area contributed by atoms with E-state index in [0.29, 0.717) is 8.70 Å². The number of nitro groups is 2. The zero-order valence-corrected chi connectivity index (χ0v) is 14.2. The Hall–Kier alpha value is -2.12. The second-order valence-corrected chi connectivity index (χ2v) is 11.2. The first kappa shape index (κ1) is 16.3. The molecule has 0 aliphatic rings. The number of halogens is 1. The summed E-state index contributed by atoms with van der Waals surface area (Å²) in [6.45, 7) is 0. The molecule has 0 spiro atoms. The molecule has 0 radical (unpaired) electrons. The maximum atomic E-state index is 10.8. The molecule has 2 N–H and O–H groups in total. The number of hydrogen-bond acceptors (Lipinski definition) is 6. The topological polar surface area (TPSA) is 127 Å². The summed E-state index contributed by atoms with van der Waals surface area (Å²) in [6.07, 6.45) is 0. The van der Waals surface area contributed by atoms with E-state index in [1.54, 1.807) is 0 Å². The molecule has 0 aliphatic carbocycles. The minimum atomic E-state index is -2.19. The van der Waals surface area contributed by atoms with Gasteiger partial charge >= 0.3 is 135 Å². The monoisotopic (exact) mass is 430 g/mol. The van der Waals surface area contributed by atoms with E-state index in [9.17, 15) is 30.4 Å². The molecule has 0 atom stereocenters. The van der Waals surface area contributed by atoms with Crippen molar-refractivity contribution in [3.05, 3.63) is 56.6 Å². The van der Waals surface area contributed by atoms with Crippen LogP contribution in [0.25, 0.3) is 0 Å². The molecule has 0 aromatic heterocycles. The first-order chi connectivity index (χ1) is 10.3. The number of rotatable bonds is 4. The summed E-state index contributed by atoms with van der Waals surface area (Å²) in [7, 11) is 0. The predicted octanol–water partition coefficient (Wildman–Crippen LogP) is 1.41. The van der Waals surface area contributed by atoms with Crippen molar-refractivity contribution in [2.75, 3.05) is 0 Å². The summed E-state index contributed by atoms with van der Waals surface area (Å²) >= 11 is 1.25. The molecule has 0 fully saturated rings. The van der Waals surface area contributed by atoms with Crippen LogP contribution in [0.2, 0.25) is 0 Å². The average Bonchev–Trinajstić information content (AvgIpc) is 2.47. The van der Waals surface area contributed by atoms with Gasteiger partial charge in [-0.3, -0.25) is 0 Å². The zero-order chi connectivity index (χ0) is 16.4. The zero-order valence-electron chi connectivity index (χ0n) is 10.7. The van der Waals surface area contributed by atoms with Crippen molar-refractivity contribution in [2.45, 2.75) is 0 Å². The Kier molecular flexibility index (Phi) is 4.68. The van der Waals surface area contributed by atoms with Gasteiger partial charge in [0.25, 0.3) is 0 Å². The molecule has 10 heteroatoms. The van der Waals surface area contributed by atoms with Gasteiger partial charge in [0.05, 0.1) is 0 Å². The fraction of sp³-hybridized carbons (Fsp3) is 0. The van der Waals surface area contributed by atoms with Crippen LogP contribution < -0.4 is 8.70 Å². The van der Waals surface area contributed by atoms with Crippen LogP contribution >= 0.6 is 13.9 Å². The van der Waals surface area contributed by atoms with Gasteiger partial charge in [-0.15, -0.1) is 0 Å². The predicted molar refractivity (Wildman–Crippen MR) is 83.5 cm³/mol. The number of aromatic hydroxyl groups is 2. The van der Waals surface area contributed by atoms with E-state index in [1.165, 1.54) is 36.4 Å². The molecule has 0 saturated heterocycles. The Morgan fingerprint density at radius 1 is 0.864 bits per heavy atom. The van der Waals surface area contributed by atoms with E-state index in [-0.39, 0.29) is 0 Å². The van der Waals surface area contributed by atoms with Crippen LogP contribution in [0.3, 0.4) is 0 Å². The van der Waals surface area contributed by atoms with Gasteiger partial charge in [0.1, 0.15) is 0 Å². The van der Waals surface area contributed by atoms with Crippen molar-refractivity contribution < 1.29 is 20.1 Å². The molecule has 22 heavy (non-hydrogen) atoms. The Balaban J connectivity index is 2.46. The van der Waals surface area contributed by atoms with E-state index in [1.807, 2.05) is 0 Å². The third kappa shape index (κ3) is 3.20. The standard InChI is InChI=1S/C12H8AsBrN2O6/c14-13(7-1-3-11(17)9(5-7)15(19)20)8-2-4-12(18)10(6-8)16(21)22/h1-6,17-18H. The maximum absolute atomic E-state index is 10.8. The molecule has 0 saturated carbocycles. The number of benzene rings is 2. The van der Waals surface area contributed by atoms with Crippen molar-refractivity contribution in [3.8, 4) is 11.5 Å². The van der Waals surface area contributed by atoms with Crippen molar-refractivity contribution in [1.29, 1.82) is 0 Å². The number of phenols is 2. The van der Waals surface area contributed by atoms with Gasteiger partial charge in [-0.25, -0.2) is 0 Å². The van der Waals surface area contributed by atoms with Crippen LogP contribution in [-0.4, -0.2) is 32.8 Å². The summed E-state index contributed by atoms with van der Waals surface area (Å²) in [4.78, 5) is 20.3. The summed E-state index contributed by atoms with van der Waals surface area (Å²) < 4.78 is 1.16. The molecule has 0 heterocycles. The molecule has 114 valence electrons. The van der Waals surface area contributed by atoms with Gasteiger partial charge in [-0.05, 0) is 0 Å². The first-order valence-corrected chi connectivity index (χ1v) is 12.0. The van der Waals surface area contributed by atoms with Crippen LogP contribution in [0.1, 0.15) is 0 Å². The fourth-order valence-electron chi connectivity index (χ4n) is 1.71. The number of nitrogens with zero attached hydrogens (tertiary/aromatic N) is 2. The van der Waals surface area contributed by atoms with Crippen molar-refractivity contribution >= 4 is 46.8 Å². The fourth-order valence-corrected chi connectivity index (χ4v) is 6.48. The number of nitro benzene ring substituents is 2. The number of hydrogen-bond donors (Lipinski definition) is 2. The van der Waals surface area contributed by atoms with Gasteiger partial charge in [-0.2, -0.15) is 0 Å². The summed E-state index contributed by atoms with van der Waals surface area (Å²) in [5.74, 6) is -0.888. The third-order valence-electron chi connectivity index (χ3n) is 2.76. The summed E-state index contributed by atoms with van der Waals surface area (Å²) in [5, 5.41) is 40.6. The van der Waals surface area contributed by atoms with Gasteiger partial charge < -0.3 is 0 Å². The van der Waals surface area contributed by atoms with E-state index in [0.717, 1.165) is 0 Å². The van der Waals surface area contributed by atoms with Gasteiger partial charge in [0.15, 0.2) is 0 Å². The minimum absolute atomic E-state index is 0.426. The quantitative estimate of drug-likeness (QED) is 0.429. The molecule has 2 aromatic carbocycles. The van der Waals surface area contributed by atoms with Gasteiger partial charge in [-0.1, -0.05) is 0 Å². The van der Waals surface area contributed by atoms with E-state index >= 15 is 0 Å². The summed E-state index contributed by atoms with van der Waals surface area (Å²) in [6, 6.07) is 7.95.